The largest absolute Gasteiger partial charge is 0.497 e. The molecule has 0 aliphatic carbocycles. The highest BCUT2D eigenvalue weighted by molar-refractivity contribution is 5.51. The third-order valence-electron chi connectivity index (χ3n) is 1.68. The van der Waals surface area contributed by atoms with Gasteiger partial charge in [0.1, 0.15) is 11.5 Å². The van der Waals surface area contributed by atoms with Crippen molar-refractivity contribution < 1.29 is 9.47 Å². The zero-order valence-corrected chi connectivity index (χ0v) is 8.13. The van der Waals surface area contributed by atoms with Crippen LogP contribution in [0.2, 0.25) is 0 Å². The van der Waals surface area contributed by atoms with E-state index in [9.17, 15) is 0 Å². The predicted octanol–water partition coefficient (Wildman–Crippen LogP) is 1.69. The lowest BCUT2D eigenvalue weighted by molar-refractivity contribution is 0.402. The fraction of sp³-hybridized carbons (Fsp3) is 0.167. The van der Waals surface area contributed by atoms with E-state index < -0.39 is 0 Å². The Labute approximate surface area is 83.8 Å². The molecule has 0 saturated carbocycles. The monoisotopic (exact) mass is 186 g/mol. The average molecular weight is 186 g/mol. The quantitative estimate of drug-likeness (QED) is 0.654. The summed E-state index contributed by atoms with van der Waals surface area (Å²) in [6.45, 7) is 0. The normalized spacial score (nSPS) is 8.07. The first-order chi connectivity index (χ1) is 6.81. The molecule has 0 atom stereocenters. The van der Waals surface area contributed by atoms with Gasteiger partial charge in [-0.15, -0.1) is 6.42 Å². The van der Waals surface area contributed by atoms with Crippen molar-refractivity contribution in [1.29, 1.82) is 0 Å². The van der Waals surface area contributed by atoms with Crippen LogP contribution in [0.5, 0.6) is 11.5 Å². The molecule has 2 heteroatoms. The molecule has 0 amide bonds. The van der Waals surface area contributed by atoms with Crippen LogP contribution in [0, 0.1) is 24.2 Å². The number of benzene rings is 1. The van der Waals surface area contributed by atoms with Gasteiger partial charge in [0, 0.05) is 0 Å². The van der Waals surface area contributed by atoms with Crippen molar-refractivity contribution in [3.8, 4) is 35.7 Å². The average Bonchev–Trinajstić information content (AvgIpc) is 2.25. The van der Waals surface area contributed by atoms with Crippen molar-refractivity contribution >= 4 is 0 Å². The maximum atomic E-state index is 5.12. The van der Waals surface area contributed by atoms with Gasteiger partial charge in [0.25, 0.3) is 0 Å². The van der Waals surface area contributed by atoms with Gasteiger partial charge in [0.2, 0.25) is 0 Å². The van der Waals surface area contributed by atoms with Gasteiger partial charge in [0.05, 0.1) is 19.8 Å². The van der Waals surface area contributed by atoms with Gasteiger partial charge < -0.3 is 9.47 Å². The van der Waals surface area contributed by atoms with Crippen LogP contribution in [0.3, 0.4) is 0 Å². The zero-order valence-electron chi connectivity index (χ0n) is 8.13. The van der Waals surface area contributed by atoms with Crippen molar-refractivity contribution in [2.45, 2.75) is 0 Å². The van der Waals surface area contributed by atoms with Gasteiger partial charge in [-0.2, -0.15) is 0 Å². The second-order valence-electron chi connectivity index (χ2n) is 2.46. The van der Waals surface area contributed by atoms with E-state index in [1.807, 2.05) is 0 Å². The first-order valence-electron chi connectivity index (χ1n) is 4.00. The second kappa shape index (κ2) is 4.84. The summed E-state index contributed by atoms with van der Waals surface area (Å²) in [7, 11) is 3.18. The first kappa shape index (κ1) is 10.0. The Kier molecular flexibility index (Phi) is 3.47. The number of rotatable bonds is 2. The number of ether oxygens (including phenoxy) is 2. The molecule has 1 aromatic rings. The number of hydrogen-bond acceptors (Lipinski definition) is 2. The topological polar surface area (TPSA) is 18.5 Å². The van der Waals surface area contributed by atoms with Crippen LogP contribution in [0.25, 0.3) is 0 Å². The van der Waals surface area contributed by atoms with Gasteiger partial charge in [-0.05, 0) is 36.0 Å². The van der Waals surface area contributed by atoms with Crippen LogP contribution in [0.15, 0.2) is 18.2 Å². The Bertz CT molecular complexity index is 416. The number of hydrogen-bond donors (Lipinski definition) is 0. The predicted molar refractivity (Wildman–Crippen MR) is 55.3 cm³/mol. The molecule has 0 bridgehead atoms. The highest BCUT2D eigenvalue weighted by Gasteiger charge is 2.01. The van der Waals surface area contributed by atoms with Crippen LogP contribution in [-0.4, -0.2) is 14.2 Å². The summed E-state index contributed by atoms with van der Waals surface area (Å²) in [5.41, 5.74) is 0.727. The third kappa shape index (κ3) is 2.21. The van der Waals surface area contributed by atoms with Crippen molar-refractivity contribution in [3.63, 3.8) is 0 Å². The van der Waals surface area contributed by atoms with E-state index in [4.69, 9.17) is 15.9 Å². The molecule has 70 valence electrons. The molecule has 0 heterocycles. The van der Waals surface area contributed by atoms with Gasteiger partial charge in [-0.25, -0.2) is 0 Å². The summed E-state index contributed by atoms with van der Waals surface area (Å²) in [6, 6.07) is 5.38. The Balaban J connectivity index is 3.16. The fourth-order valence-electron chi connectivity index (χ4n) is 1.02. The molecule has 0 fully saturated rings. The maximum absolute atomic E-state index is 5.12. The van der Waals surface area contributed by atoms with Crippen LogP contribution in [-0.2, 0) is 0 Å². The maximum Gasteiger partial charge on any atom is 0.134 e. The van der Waals surface area contributed by atoms with Crippen LogP contribution >= 0.6 is 0 Å². The van der Waals surface area contributed by atoms with E-state index in [0.29, 0.717) is 5.75 Å². The summed E-state index contributed by atoms with van der Waals surface area (Å²) < 4.78 is 10.2. The van der Waals surface area contributed by atoms with E-state index in [1.165, 1.54) is 0 Å². The third-order valence-corrected chi connectivity index (χ3v) is 1.68. The van der Waals surface area contributed by atoms with Gasteiger partial charge >= 0.3 is 0 Å². The summed E-state index contributed by atoms with van der Waals surface area (Å²) in [5.74, 6) is 9.00. The molecule has 0 saturated heterocycles. The molecule has 1 aromatic carbocycles. The Morgan fingerprint density at radius 1 is 1.21 bits per heavy atom. The molecule has 0 spiro atoms. The van der Waals surface area contributed by atoms with Gasteiger partial charge in [-0.3, -0.25) is 0 Å². The SMILES string of the molecule is C#CC#Cc1cc(OC)ccc1OC. The Morgan fingerprint density at radius 2 is 2.00 bits per heavy atom. The van der Waals surface area contributed by atoms with E-state index in [0.717, 1.165) is 11.3 Å². The van der Waals surface area contributed by atoms with E-state index >= 15 is 0 Å². The van der Waals surface area contributed by atoms with E-state index in [1.54, 1.807) is 32.4 Å². The molecule has 0 aliphatic heterocycles. The Morgan fingerprint density at radius 3 is 2.57 bits per heavy atom. The molecule has 0 unspecified atom stereocenters. The van der Waals surface area contributed by atoms with Gasteiger partial charge in [-0.1, -0.05) is 0 Å². The zero-order chi connectivity index (χ0) is 10.4. The lowest BCUT2D eigenvalue weighted by atomic mass is 10.2. The minimum atomic E-state index is 0.688. The van der Waals surface area contributed by atoms with Gasteiger partial charge in [0.15, 0.2) is 0 Å². The minimum absolute atomic E-state index is 0.688. The van der Waals surface area contributed by atoms with E-state index in [2.05, 4.69) is 17.8 Å². The van der Waals surface area contributed by atoms with Crippen molar-refractivity contribution in [2.24, 2.45) is 0 Å². The summed E-state index contributed by atoms with van der Waals surface area (Å²) in [6.07, 6.45) is 5.04. The summed E-state index contributed by atoms with van der Waals surface area (Å²) in [4.78, 5) is 0. The molecule has 0 aliphatic rings. The molecular formula is C12H10O2. The lowest BCUT2D eigenvalue weighted by Gasteiger charge is -2.05. The minimum Gasteiger partial charge on any atom is -0.497 e. The van der Waals surface area contributed by atoms with Crippen LogP contribution in [0.4, 0.5) is 0 Å². The Hall–Kier alpha value is -2.06. The lowest BCUT2D eigenvalue weighted by Crippen LogP contribution is -1.89. The summed E-state index contributed by atoms with van der Waals surface area (Å²) >= 11 is 0. The highest BCUT2D eigenvalue weighted by Crippen LogP contribution is 2.22. The number of terminal acetylenes is 1. The van der Waals surface area contributed by atoms with Crippen molar-refractivity contribution in [3.05, 3.63) is 23.8 Å². The van der Waals surface area contributed by atoms with Crippen molar-refractivity contribution in [1.82, 2.24) is 0 Å². The molecule has 0 aromatic heterocycles. The molecule has 0 radical (unpaired) electrons. The second-order valence-corrected chi connectivity index (χ2v) is 2.46. The smallest absolute Gasteiger partial charge is 0.134 e. The van der Waals surface area contributed by atoms with Crippen LogP contribution < -0.4 is 9.47 Å². The van der Waals surface area contributed by atoms with Crippen molar-refractivity contribution in [2.75, 3.05) is 14.2 Å². The standard InChI is InChI=1S/C12H10O2/c1-4-5-6-10-9-11(13-2)7-8-12(10)14-3/h1,7-9H,2-3H3. The fourth-order valence-corrected chi connectivity index (χ4v) is 1.02. The first-order valence-corrected chi connectivity index (χ1v) is 4.00. The molecule has 14 heavy (non-hydrogen) atoms. The highest BCUT2D eigenvalue weighted by atomic mass is 16.5. The van der Waals surface area contributed by atoms with Crippen LogP contribution in [0.1, 0.15) is 5.56 Å². The molecule has 0 N–H and O–H groups in total. The molecule has 2 nitrogen and oxygen atoms in total. The molecule has 1 rings (SSSR count). The van der Waals surface area contributed by atoms with E-state index in [-0.39, 0.29) is 0 Å². The summed E-state index contributed by atoms with van der Waals surface area (Å²) in [5, 5.41) is 0. The number of methoxy groups -OCH3 is 2. The molecular weight excluding hydrogens is 176 g/mol.